The average Bonchev–Trinajstić information content (AvgIpc) is 2.53. The number of halogens is 2. The van der Waals surface area contributed by atoms with Crippen molar-refractivity contribution >= 4 is 34.5 Å². The normalized spacial score (nSPS) is 10.6. The van der Waals surface area contributed by atoms with Crippen LogP contribution in [0.2, 0.25) is 10.0 Å². The van der Waals surface area contributed by atoms with Crippen LogP contribution in [0, 0.1) is 0 Å². The van der Waals surface area contributed by atoms with E-state index in [0.29, 0.717) is 10.0 Å². The lowest BCUT2D eigenvalue weighted by Crippen LogP contribution is -2.13. The Labute approximate surface area is 105 Å². The largest absolute Gasteiger partial charge is 0.494 e. The average molecular weight is 276 g/mol. The summed E-state index contributed by atoms with van der Waals surface area (Å²) in [7, 11) is 0. The molecule has 0 atom stereocenters. The molecule has 1 heterocycles. The molecule has 1 aromatic heterocycles. The zero-order valence-electron chi connectivity index (χ0n) is 7.98. The number of benzene rings is 1. The molecule has 0 saturated heterocycles. The number of rotatable bonds is 2. The van der Waals surface area contributed by atoms with Crippen LogP contribution < -0.4 is 4.87 Å². The molecule has 0 radical (unpaired) electrons. The summed E-state index contributed by atoms with van der Waals surface area (Å²) in [6, 6.07) is 5.03. The van der Waals surface area contributed by atoms with Crippen molar-refractivity contribution in [2.45, 2.75) is 6.54 Å². The lowest BCUT2D eigenvalue weighted by Gasteiger charge is -2.05. The van der Waals surface area contributed by atoms with Gasteiger partial charge in [0.25, 0.3) is 0 Å². The van der Waals surface area contributed by atoms with E-state index in [1.54, 1.807) is 18.2 Å². The Morgan fingerprint density at radius 1 is 1.38 bits per heavy atom. The first-order chi connectivity index (χ1) is 7.58. The Morgan fingerprint density at radius 2 is 2.12 bits per heavy atom. The maximum Gasteiger partial charge on any atom is 0.310 e. The van der Waals surface area contributed by atoms with E-state index < -0.39 is 0 Å². The third kappa shape index (κ3) is 2.24. The highest BCUT2D eigenvalue weighted by atomic mass is 35.5. The standard InChI is InChI=1S/C10H7Cl2NO2S/c11-7-2-1-6(8(12)3-7)4-13-9(14)5-16-10(13)15/h1-3,5,14H,4H2. The van der Waals surface area contributed by atoms with Crippen molar-refractivity contribution < 1.29 is 5.11 Å². The maximum absolute atomic E-state index is 11.4. The van der Waals surface area contributed by atoms with Crippen molar-refractivity contribution in [3.05, 3.63) is 48.9 Å². The summed E-state index contributed by atoms with van der Waals surface area (Å²) >= 11 is 12.7. The minimum atomic E-state index is -0.219. The minimum Gasteiger partial charge on any atom is -0.494 e. The summed E-state index contributed by atoms with van der Waals surface area (Å²) in [5.41, 5.74) is 0.738. The van der Waals surface area contributed by atoms with Gasteiger partial charge in [-0.05, 0) is 17.7 Å². The highest BCUT2D eigenvalue weighted by Gasteiger charge is 2.08. The van der Waals surface area contributed by atoms with E-state index in [9.17, 15) is 9.90 Å². The van der Waals surface area contributed by atoms with Gasteiger partial charge in [-0.15, -0.1) is 0 Å². The highest BCUT2D eigenvalue weighted by molar-refractivity contribution is 7.07. The number of nitrogens with zero attached hydrogens (tertiary/aromatic N) is 1. The van der Waals surface area contributed by atoms with E-state index in [0.717, 1.165) is 16.9 Å². The molecule has 1 N–H and O–H groups in total. The number of hydrogen-bond donors (Lipinski definition) is 1. The van der Waals surface area contributed by atoms with Crippen LogP contribution in [0.5, 0.6) is 5.88 Å². The van der Waals surface area contributed by atoms with E-state index in [2.05, 4.69) is 0 Å². The lowest BCUT2D eigenvalue weighted by atomic mass is 10.2. The summed E-state index contributed by atoms with van der Waals surface area (Å²) in [5.74, 6) is -0.0546. The van der Waals surface area contributed by atoms with E-state index >= 15 is 0 Å². The molecule has 2 rings (SSSR count). The van der Waals surface area contributed by atoms with Crippen molar-refractivity contribution in [2.24, 2.45) is 0 Å². The van der Waals surface area contributed by atoms with Crippen LogP contribution in [0.15, 0.2) is 28.4 Å². The molecule has 0 spiro atoms. The van der Waals surface area contributed by atoms with Crippen LogP contribution in [0.4, 0.5) is 0 Å². The molecule has 3 nitrogen and oxygen atoms in total. The molecule has 84 valence electrons. The van der Waals surface area contributed by atoms with Gasteiger partial charge in [0.1, 0.15) is 0 Å². The summed E-state index contributed by atoms with van der Waals surface area (Å²) in [5, 5.41) is 11.9. The molecule has 0 saturated carbocycles. The Hall–Kier alpha value is -0.970. The number of aromatic nitrogens is 1. The van der Waals surface area contributed by atoms with Crippen LogP contribution in [0.25, 0.3) is 0 Å². The Balaban J connectivity index is 2.38. The van der Waals surface area contributed by atoms with Gasteiger partial charge in [0, 0.05) is 10.0 Å². The van der Waals surface area contributed by atoms with Gasteiger partial charge in [0.05, 0.1) is 11.9 Å². The molecular weight excluding hydrogens is 269 g/mol. The fourth-order valence-electron chi connectivity index (χ4n) is 1.29. The topological polar surface area (TPSA) is 42.2 Å². The molecule has 0 aliphatic rings. The smallest absolute Gasteiger partial charge is 0.310 e. The van der Waals surface area contributed by atoms with Crippen molar-refractivity contribution in [3.8, 4) is 5.88 Å². The first kappa shape index (κ1) is 11.5. The molecule has 0 amide bonds. The van der Waals surface area contributed by atoms with Crippen molar-refractivity contribution in [2.75, 3.05) is 0 Å². The lowest BCUT2D eigenvalue weighted by molar-refractivity contribution is 0.421. The van der Waals surface area contributed by atoms with Crippen molar-refractivity contribution in [3.63, 3.8) is 0 Å². The number of aromatic hydroxyl groups is 1. The van der Waals surface area contributed by atoms with E-state index in [1.165, 1.54) is 9.95 Å². The summed E-state index contributed by atoms with van der Waals surface area (Å²) in [4.78, 5) is 11.2. The minimum absolute atomic E-state index is 0.0546. The fraction of sp³-hybridized carbons (Fsp3) is 0.100. The Kier molecular flexibility index (Phi) is 3.23. The molecular formula is C10H7Cl2NO2S. The monoisotopic (exact) mass is 275 g/mol. The van der Waals surface area contributed by atoms with Gasteiger partial charge in [0.15, 0.2) is 0 Å². The van der Waals surface area contributed by atoms with Gasteiger partial charge in [-0.1, -0.05) is 40.6 Å². The molecule has 16 heavy (non-hydrogen) atoms. The summed E-state index contributed by atoms with van der Waals surface area (Å²) in [6.45, 7) is 0.240. The van der Waals surface area contributed by atoms with E-state index in [1.807, 2.05) is 0 Å². The predicted molar refractivity (Wildman–Crippen MR) is 65.8 cm³/mol. The SMILES string of the molecule is O=c1scc(O)n1Cc1ccc(Cl)cc1Cl. The Morgan fingerprint density at radius 3 is 2.69 bits per heavy atom. The van der Waals surface area contributed by atoms with Gasteiger partial charge < -0.3 is 5.11 Å². The van der Waals surface area contributed by atoms with Crippen LogP contribution in [-0.4, -0.2) is 9.67 Å². The van der Waals surface area contributed by atoms with Gasteiger partial charge in [-0.3, -0.25) is 9.36 Å². The first-order valence-electron chi connectivity index (χ1n) is 4.39. The number of hydrogen-bond acceptors (Lipinski definition) is 3. The van der Waals surface area contributed by atoms with E-state index in [4.69, 9.17) is 23.2 Å². The third-order valence-electron chi connectivity index (χ3n) is 2.11. The van der Waals surface area contributed by atoms with Crippen LogP contribution in [0.3, 0.4) is 0 Å². The molecule has 0 aliphatic heterocycles. The van der Waals surface area contributed by atoms with Gasteiger partial charge in [0.2, 0.25) is 5.88 Å². The zero-order valence-corrected chi connectivity index (χ0v) is 10.3. The van der Waals surface area contributed by atoms with Gasteiger partial charge >= 0.3 is 4.87 Å². The van der Waals surface area contributed by atoms with Gasteiger partial charge in [-0.2, -0.15) is 0 Å². The molecule has 0 unspecified atom stereocenters. The Bertz CT molecular complexity index is 576. The first-order valence-corrected chi connectivity index (χ1v) is 6.02. The van der Waals surface area contributed by atoms with Crippen LogP contribution >= 0.6 is 34.5 Å². The van der Waals surface area contributed by atoms with Crippen LogP contribution in [-0.2, 0) is 6.54 Å². The third-order valence-corrected chi connectivity index (χ3v) is 3.44. The molecule has 6 heteroatoms. The second kappa shape index (κ2) is 4.49. The summed E-state index contributed by atoms with van der Waals surface area (Å²) < 4.78 is 1.25. The van der Waals surface area contributed by atoms with E-state index in [-0.39, 0.29) is 17.3 Å². The highest BCUT2D eigenvalue weighted by Crippen LogP contribution is 2.22. The maximum atomic E-state index is 11.4. The molecule has 2 aromatic rings. The second-order valence-electron chi connectivity index (χ2n) is 3.18. The molecule has 1 aromatic carbocycles. The molecule has 0 fully saturated rings. The molecule has 0 bridgehead atoms. The van der Waals surface area contributed by atoms with Crippen molar-refractivity contribution in [1.82, 2.24) is 4.57 Å². The zero-order chi connectivity index (χ0) is 11.7. The summed E-state index contributed by atoms with van der Waals surface area (Å²) in [6.07, 6.45) is 0. The number of thiazole rings is 1. The fourth-order valence-corrected chi connectivity index (χ4v) is 2.38. The van der Waals surface area contributed by atoms with Crippen LogP contribution in [0.1, 0.15) is 5.56 Å². The predicted octanol–water partition coefficient (Wildman–Crippen LogP) is 2.97. The van der Waals surface area contributed by atoms with Crippen molar-refractivity contribution in [1.29, 1.82) is 0 Å². The van der Waals surface area contributed by atoms with Gasteiger partial charge in [-0.25, -0.2) is 0 Å². The molecule has 0 aliphatic carbocycles. The quantitative estimate of drug-likeness (QED) is 0.916. The second-order valence-corrected chi connectivity index (χ2v) is 4.85.